The molecule has 1 amide bonds. The molecule has 0 bridgehead atoms. The molecule has 0 fully saturated rings. The van der Waals surface area contributed by atoms with Gasteiger partial charge in [0.05, 0.1) is 37.9 Å². The van der Waals surface area contributed by atoms with Gasteiger partial charge in [0, 0.05) is 6.54 Å². The van der Waals surface area contributed by atoms with Gasteiger partial charge in [-0.2, -0.15) is 0 Å². The number of nitrogens with two attached hydrogens (primary N) is 1. The molecule has 55 heavy (non-hydrogen) atoms. The van der Waals surface area contributed by atoms with Crippen molar-refractivity contribution in [2.45, 2.75) is 238 Å². The van der Waals surface area contributed by atoms with Gasteiger partial charge in [0.1, 0.15) is 0 Å². The van der Waals surface area contributed by atoms with Crippen LogP contribution in [0.15, 0.2) is 24.3 Å². The van der Waals surface area contributed by atoms with Crippen LogP contribution in [-0.4, -0.2) is 59.0 Å². The first-order chi connectivity index (χ1) is 26.8. The second-order valence-electron chi connectivity index (χ2n) is 15.8. The summed E-state index contributed by atoms with van der Waals surface area (Å²) >= 11 is 0. The molecule has 0 aromatic heterocycles. The predicted octanol–water partition coefficient (Wildman–Crippen LogP) is 11.9. The van der Waals surface area contributed by atoms with Crippen molar-refractivity contribution >= 4 is 13.7 Å². The van der Waals surface area contributed by atoms with Crippen LogP contribution in [0.25, 0.3) is 0 Å². The van der Waals surface area contributed by atoms with E-state index < -0.39 is 32.0 Å². The number of hydrogen-bond acceptors (Lipinski definition) is 7. The van der Waals surface area contributed by atoms with Gasteiger partial charge in [-0.15, -0.1) is 0 Å². The Labute approximate surface area is 339 Å². The molecule has 6 N–H and O–H groups in total. The molecule has 326 valence electrons. The Kier molecular flexibility index (Phi) is 40.3. The molecule has 0 rings (SSSR count). The Morgan fingerprint density at radius 1 is 0.618 bits per heavy atom. The Morgan fingerprint density at radius 3 is 1.49 bits per heavy atom. The van der Waals surface area contributed by atoms with Crippen LogP contribution < -0.4 is 11.1 Å². The van der Waals surface area contributed by atoms with E-state index in [0.717, 1.165) is 57.8 Å². The fraction of sp³-hybridized carbons (Fsp3) is 0.889. The van der Waals surface area contributed by atoms with Crippen LogP contribution in [0.1, 0.15) is 219 Å². The van der Waals surface area contributed by atoms with E-state index in [2.05, 4.69) is 43.5 Å². The molecule has 4 atom stereocenters. The average molecular weight is 801 g/mol. The maximum Gasteiger partial charge on any atom is 0.472 e. The highest BCUT2D eigenvalue weighted by Gasteiger charge is 2.28. The fourth-order valence-electron chi connectivity index (χ4n) is 6.88. The zero-order valence-corrected chi connectivity index (χ0v) is 36.7. The van der Waals surface area contributed by atoms with Gasteiger partial charge in [0.2, 0.25) is 5.91 Å². The summed E-state index contributed by atoms with van der Waals surface area (Å²) in [7, 11) is -4.38. The zero-order chi connectivity index (χ0) is 40.5. The minimum atomic E-state index is -4.38. The first-order valence-corrected chi connectivity index (χ1v) is 24.5. The molecule has 10 heteroatoms. The summed E-state index contributed by atoms with van der Waals surface area (Å²) in [5, 5.41) is 24.2. The summed E-state index contributed by atoms with van der Waals surface area (Å²) in [6, 6.07) is -0.902. The maximum atomic E-state index is 12.8. The van der Waals surface area contributed by atoms with E-state index in [1.807, 2.05) is 0 Å². The molecule has 0 aliphatic carbocycles. The van der Waals surface area contributed by atoms with Crippen LogP contribution in [0.4, 0.5) is 0 Å². The van der Waals surface area contributed by atoms with Crippen LogP contribution in [0, 0.1) is 0 Å². The summed E-state index contributed by atoms with van der Waals surface area (Å²) in [6.45, 7) is 4.02. The largest absolute Gasteiger partial charge is 0.472 e. The highest BCUT2D eigenvalue weighted by Crippen LogP contribution is 2.43. The van der Waals surface area contributed by atoms with Gasteiger partial charge < -0.3 is 26.2 Å². The van der Waals surface area contributed by atoms with Crippen molar-refractivity contribution in [3.63, 3.8) is 0 Å². The third kappa shape index (κ3) is 39.5. The topological polar surface area (TPSA) is 151 Å². The smallest absolute Gasteiger partial charge is 0.393 e. The van der Waals surface area contributed by atoms with Crippen molar-refractivity contribution in [2.75, 3.05) is 19.8 Å². The Bertz CT molecular complexity index is 935. The van der Waals surface area contributed by atoms with Gasteiger partial charge in [-0.05, 0) is 38.5 Å². The number of aliphatic hydroxyl groups is 2. The molecule has 0 radical (unpaired) electrons. The summed E-state index contributed by atoms with van der Waals surface area (Å²) < 4.78 is 22.2. The van der Waals surface area contributed by atoms with Crippen LogP contribution in [-0.2, 0) is 18.4 Å². The summed E-state index contributed by atoms with van der Waals surface area (Å²) in [5.41, 5.74) is 5.37. The average Bonchev–Trinajstić information content (AvgIpc) is 3.16. The van der Waals surface area contributed by atoms with Gasteiger partial charge >= 0.3 is 7.82 Å². The highest BCUT2D eigenvalue weighted by molar-refractivity contribution is 7.47. The first kappa shape index (κ1) is 53.9. The van der Waals surface area contributed by atoms with Crippen LogP contribution in [0.2, 0.25) is 0 Å². The maximum absolute atomic E-state index is 12.8. The lowest BCUT2D eigenvalue weighted by Crippen LogP contribution is -2.47. The van der Waals surface area contributed by atoms with Crippen LogP contribution in [0.3, 0.4) is 0 Å². The molecule has 0 aromatic carbocycles. The molecule has 4 unspecified atom stereocenters. The third-order valence-corrected chi connectivity index (χ3v) is 11.4. The van der Waals surface area contributed by atoms with Gasteiger partial charge in [0.25, 0.3) is 0 Å². The zero-order valence-electron chi connectivity index (χ0n) is 35.8. The van der Waals surface area contributed by atoms with Crippen LogP contribution >= 0.6 is 7.82 Å². The van der Waals surface area contributed by atoms with E-state index in [1.54, 1.807) is 0 Å². The molecular weight excluding hydrogens is 711 g/mol. The van der Waals surface area contributed by atoms with Gasteiger partial charge in [0.15, 0.2) is 0 Å². The second-order valence-corrected chi connectivity index (χ2v) is 17.3. The molecule has 0 aliphatic heterocycles. The Morgan fingerprint density at radius 2 is 1.02 bits per heavy atom. The molecular formula is C45H89N2O7P. The van der Waals surface area contributed by atoms with E-state index in [9.17, 15) is 24.5 Å². The summed E-state index contributed by atoms with van der Waals surface area (Å²) in [5.74, 6) is -0.424. The third-order valence-electron chi connectivity index (χ3n) is 10.4. The highest BCUT2D eigenvalue weighted by atomic mass is 31.2. The minimum Gasteiger partial charge on any atom is -0.393 e. The van der Waals surface area contributed by atoms with Gasteiger partial charge in [-0.25, -0.2) is 4.57 Å². The lowest BCUT2D eigenvalue weighted by atomic mass is 10.0. The molecule has 0 saturated heterocycles. The number of rotatable bonds is 43. The number of unbranched alkanes of at least 4 members (excludes halogenated alkanes) is 26. The lowest BCUT2D eigenvalue weighted by molar-refractivity contribution is -0.125. The number of carbonyl (C=O) groups excluding carboxylic acids is 1. The minimum absolute atomic E-state index is 0.0575. The first-order valence-electron chi connectivity index (χ1n) is 23.0. The predicted molar refractivity (Wildman–Crippen MR) is 232 cm³/mol. The van der Waals surface area contributed by atoms with E-state index in [4.69, 9.17) is 14.8 Å². The molecule has 0 spiro atoms. The van der Waals surface area contributed by atoms with Crippen molar-refractivity contribution in [3.8, 4) is 0 Å². The van der Waals surface area contributed by atoms with Crippen molar-refractivity contribution in [2.24, 2.45) is 5.73 Å². The number of aliphatic hydroxyl groups excluding tert-OH is 2. The van der Waals surface area contributed by atoms with Crippen molar-refractivity contribution in [1.82, 2.24) is 5.32 Å². The number of amides is 1. The quantitative estimate of drug-likeness (QED) is 0.0232. The fourth-order valence-corrected chi connectivity index (χ4v) is 7.64. The van der Waals surface area contributed by atoms with Gasteiger partial charge in [-0.1, -0.05) is 199 Å². The van der Waals surface area contributed by atoms with Crippen molar-refractivity contribution in [3.05, 3.63) is 24.3 Å². The summed E-state index contributed by atoms with van der Waals surface area (Å²) in [6.07, 6.45) is 43.6. The van der Waals surface area contributed by atoms with Crippen molar-refractivity contribution in [1.29, 1.82) is 0 Å². The number of allylic oxidation sites excluding steroid dienone is 4. The van der Waals surface area contributed by atoms with Gasteiger partial charge in [-0.3, -0.25) is 13.8 Å². The summed E-state index contributed by atoms with van der Waals surface area (Å²) in [4.78, 5) is 22.8. The van der Waals surface area contributed by atoms with E-state index in [0.29, 0.717) is 12.8 Å². The van der Waals surface area contributed by atoms with Crippen molar-refractivity contribution < 1.29 is 33.5 Å². The van der Waals surface area contributed by atoms with E-state index in [-0.39, 0.29) is 26.2 Å². The number of phosphoric ester groups is 1. The molecule has 0 heterocycles. The molecule has 0 saturated carbocycles. The normalized spacial score (nSPS) is 14.8. The number of phosphoric acid groups is 1. The molecule has 0 aromatic rings. The number of nitrogens with one attached hydrogen (secondary N) is 1. The number of hydrogen-bond donors (Lipinski definition) is 5. The van der Waals surface area contributed by atoms with E-state index >= 15 is 0 Å². The standard InChI is InChI=1S/C45H89N2O7P/c1-3-5-7-9-11-13-15-17-18-19-20-21-22-23-25-27-29-31-33-35-37-44(49)43(41-54-55(51,52)53-39-38-46)47-45(50)40-42(48)36-34-32-30-28-26-24-16-14-12-10-8-6-4-2/h12,14,16,24,42-44,48-49H,3-11,13,15,17-23,25-41,46H2,1-2H3,(H,47,50)(H,51,52)/b14-12-,24-16-. The van der Waals surface area contributed by atoms with E-state index in [1.165, 1.54) is 128 Å². The molecule has 9 nitrogen and oxygen atoms in total. The Hall–Kier alpha value is -1.06. The second kappa shape index (κ2) is 41.1. The molecule has 0 aliphatic rings. The van der Waals surface area contributed by atoms with Crippen LogP contribution in [0.5, 0.6) is 0 Å². The monoisotopic (exact) mass is 801 g/mol. The number of carbonyl (C=O) groups is 1. The lowest BCUT2D eigenvalue weighted by Gasteiger charge is -2.25. The SMILES string of the molecule is CCCCC/C=C\C=C/CCCCCCC(O)CC(=O)NC(COP(=O)(O)OCCN)C(O)CCCCCCCCCCCCCCCCCCCCCC. The Balaban J connectivity index is 4.22.